The Morgan fingerprint density at radius 1 is 1.03 bits per heavy atom. The molecule has 1 fully saturated rings. The van der Waals surface area contributed by atoms with Gasteiger partial charge in [0.15, 0.2) is 0 Å². The number of hydrogen-bond donors (Lipinski definition) is 0. The molecule has 0 N–H and O–H groups in total. The first-order chi connectivity index (χ1) is 16.1. The van der Waals surface area contributed by atoms with Crippen LogP contribution in [0.25, 0.3) is 11.0 Å². The van der Waals surface area contributed by atoms with Crippen LogP contribution in [0.1, 0.15) is 30.1 Å². The highest BCUT2D eigenvalue weighted by atomic mass is 19.1. The van der Waals surface area contributed by atoms with Crippen molar-refractivity contribution < 1.29 is 13.9 Å². The van der Waals surface area contributed by atoms with Crippen molar-refractivity contribution >= 4 is 22.6 Å². The standard InChI is InChI=1S/C27H26FN3O2/c1-19-7-13-23(14-8-19)33-16-4-15-30-25-6-3-2-5-24(25)29-27(30)20-17-26(32)31(18-20)22-11-9-21(28)10-12-22/h2-3,5-14,20H,4,15-18H2,1H3. The molecule has 33 heavy (non-hydrogen) atoms. The van der Waals surface area contributed by atoms with E-state index in [1.165, 1.54) is 17.7 Å². The van der Waals surface area contributed by atoms with Crippen LogP contribution in [0.2, 0.25) is 0 Å². The first kappa shape index (κ1) is 21.2. The number of carbonyl (C=O) groups excluding carboxylic acids is 1. The Kier molecular flexibility index (Phi) is 5.82. The molecule has 3 aromatic carbocycles. The number of aryl methyl sites for hydroxylation is 2. The van der Waals surface area contributed by atoms with Gasteiger partial charge in [-0.1, -0.05) is 29.8 Å². The Bertz CT molecular complexity index is 1270. The molecule has 4 aromatic rings. The van der Waals surface area contributed by atoms with E-state index in [1.54, 1.807) is 17.0 Å². The Morgan fingerprint density at radius 3 is 2.58 bits per heavy atom. The van der Waals surface area contributed by atoms with E-state index in [0.29, 0.717) is 19.6 Å². The van der Waals surface area contributed by atoms with Crippen molar-refractivity contribution in [3.63, 3.8) is 0 Å². The summed E-state index contributed by atoms with van der Waals surface area (Å²) in [5, 5.41) is 0. The number of amides is 1. The van der Waals surface area contributed by atoms with Crippen LogP contribution in [0.15, 0.2) is 72.8 Å². The lowest BCUT2D eigenvalue weighted by Crippen LogP contribution is -2.24. The smallest absolute Gasteiger partial charge is 0.227 e. The lowest BCUT2D eigenvalue weighted by molar-refractivity contribution is -0.117. The van der Waals surface area contributed by atoms with E-state index in [4.69, 9.17) is 9.72 Å². The molecule has 2 heterocycles. The zero-order valence-corrected chi connectivity index (χ0v) is 18.6. The number of benzene rings is 3. The number of fused-ring (bicyclic) bond motifs is 1. The molecular formula is C27H26FN3O2. The van der Waals surface area contributed by atoms with Gasteiger partial charge in [0.05, 0.1) is 17.6 Å². The molecular weight excluding hydrogens is 417 g/mol. The van der Waals surface area contributed by atoms with Crippen LogP contribution < -0.4 is 9.64 Å². The van der Waals surface area contributed by atoms with Gasteiger partial charge < -0.3 is 14.2 Å². The summed E-state index contributed by atoms with van der Waals surface area (Å²) < 4.78 is 21.5. The highest BCUT2D eigenvalue weighted by Gasteiger charge is 2.34. The number of rotatable bonds is 7. The first-order valence-corrected chi connectivity index (χ1v) is 11.3. The third-order valence-electron chi connectivity index (χ3n) is 6.13. The minimum Gasteiger partial charge on any atom is -0.494 e. The lowest BCUT2D eigenvalue weighted by atomic mass is 10.1. The quantitative estimate of drug-likeness (QED) is 0.356. The van der Waals surface area contributed by atoms with Gasteiger partial charge in [-0.15, -0.1) is 0 Å². The molecule has 0 bridgehead atoms. The maximum atomic E-state index is 13.3. The fourth-order valence-corrected chi connectivity index (χ4v) is 4.44. The zero-order chi connectivity index (χ0) is 22.8. The molecule has 5 rings (SSSR count). The molecule has 1 aliphatic rings. The van der Waals surface area contributed by atoms with Gasteiger partial charge in [-0.25, -0.2) is 9.37 Å². The Labute approximate surface area is 192 Å². The van der Waals surface area contributed by atoms with Crippen molar-refractivity contribution in [2.45, 2.75) is 32.2 Å². The maximum Gasteiger partial charge on any atom is 0.227 e. The van der Waals surface area contributed by atoms with E-state index in [2.05, 4.69) is 17.6 Å². The van der Waals surface area contributed by atoms with Crippen LogP contribution in [-0.2, 0) is 11.3 Å². The molecule has 0 aliphatic carbocycles. The van der Waals surface area contributed by atoms with Crippen molar-refractivity contribution in [3.05, 3.63) is 90.0 Å². The maximum absolute atomic E-state index is 13.3. The van der Waals surface area contributed by atoms with Crippen LogP contribution in [0.5, 0.6) is 5.75 Å². The Hall–Kier alpha value is -3.67. The number of imidazole rings is 1. The van der Waals surface area contributed by atoms with Gasteiger partial charge >= 0.3 is 0 Å². The second-order valence-electron chi connectivity index (χ2n) is 8.51. The largest absolute Gasteiger partial charge is 0.494 e. The van der Waals surface area contributed by atoms with Gasteiger partial charge in [0.25, 0.3) is 0 Å². The molecule has 1 aromatic heterocycles. The van der Waals surface area contributed by atoms with Crippen molar-refractivity contribution in [2.75, 3.05) is 18.1 Å². The summed E-state index contributed by atoms with van der Waals surface area (Å²) in [6, 6.07) is 22.2. The van der Waals surface area contributed by atoms with Crippen LogP contribution in [0.3, 0.4) is 0 Å². The molecule has 1 atom stereocenters. The van der Waals surface area contributed by atoms with Gasteiger partial charge in [0.2, 0.25) is 5.91 Å². The lowest BCUT2D eigenvalue weighted by Gasteiger charge is -2.17. The summed E-state index contributed by atoms with van der Waals surface area (Å²) in [6.45, 7) is 3.94. The number of hydrogen-bond acceptors (Lipinski definition) is 3. The fourth-order valence-electron chi connectivity index (χ4n) is 4.44. The highest BCUT2D eigenvalue weighted by Crippen LogP contribution is 2.33. The summed E-state index contributed by atoms with van der Waals surface area (Å²) in [6.07, 6.45) is 1.21. The number of carbonyl (C=O) groups is 1. The van der Waals surface area contributed by atoms with Gasteiger partial charge in [-0.2, -0.15) is 0 Å². The highest BCUT2D eigenvalue weighted by molar-refractivity contribution is 5.96. The molecule has 1 unspecified atom stereocenters. The molecule has 1 saturated heterocycles. The number of anilines is 1. The topological polar surface area (TPSA) is 47.4 Å². The average Bonchev–Trinajstić information content (AvgIpc) is 3.39. The Balaban J connectivity index is 1.34. The van der Waals surface area contributed by atoms with Gasteiger partial charge in [0.1, 0.15) is 17.4 Å². The minimum absolute atomic E-state index is 0.0204. The van der Waals surface area contributed by atoms with Crippen LogP contribution >= 0.6 is 0 Å². The van der Waals surface area contributed by atoms with E-state index >= 15 is 0 Å². The first-order valence-electron chi connectivity index (χ1n) is 11.3. The third-order valence-corrected chi connectivity index (χ3v) is 6.13. The van der Waals surface area contributed by atoms with Crippen LogP contribution in [0.4, 0.5) is 10.1 Å². The second kappa shape index (κ2) is 9.06. The predicted octanol–water partition coefficient (Wildman–Crippen LogP) is 5.47. The third kappa shape index (κ3) is 4.46. The van der Waals surface area contributed by atoms with Gasteiger partial charge in [0, 0.05) is 31.1 Å². The SMILES string of the molecule is Cc1ccc(OCCCn2c(C3CC(=O)N(c4ccc(F)cc4)C3)nc3ccccc32)cc1. The molecule has 1 amide bonds. The predicted molar refractivity (Wildman–Crippen MR) is 127 cm³/mol. The van der Waals surface area contributed by atoms with Crippen molar-refractivity contribution in [1.82, 2.24) is 9.55 Å². The molecule has 0 spiro atoms. The van der Waals surface area contributed by atoms with E-state index < -0.39 is 0 Å². The van der Waals surface area contributed by atoms with E-state index in [9.17, 15) is 9.18 Å². The molecule has 0 saturated carbocycles. The van der Waals surface area contributed by atoms with Crippen LogP contribution in [0, 0.1) is 12.7 Å². The summed E-state index contributed by atoms with van der Waals surface area (Å²) in [4.78, 5) is 19.4. The minimum atomic E-state index is -0.309. The summed E-state index contributed by atoms with van der Waals surface area (Å²) >= 11 is 0. The fraction of sp³-hybridized carbons (Fsp3) is 0.259. The molecule has 168 valence electrons. The summed E-state index contributed by atoms with van der Waals surface area (Å²) in [5.74, 6) is 1.50. The number of para-hydroxylation sites is 2. The van der Waals surface area contributed by atoms with E-state index in [1.807, 2.05) is 42.5 Å². The van der Waals surface area contributed by atoms with E-state index in [0.717, 1.165) is 41.3 Å². The molecule has 5 nitrogen and oxygen atoms in total. The molecule has 1 aliphatic heterocycles. The van der Waals surface area contributed by atoms with Crippen LogP contribution in [-0.4, -0.2) is 28.6 Å². The van der Waals surface area contributed by atoms with Crippen molar-refractivity contribution in [2.24, 2.45) is 0 Å². The molecule has 6 heteroatoms. The summed E-state index contributed by atoms with van der Waals surface area (Å²) in [7, 11) is 0. The monoisotopic (exact) mass is 443 g/mol. The van der Waals surface area contributed by atoms with E-state index in [-0.39, 0.29) is 17.6 Å². The number of ether oxygens (including phenoxy) is 1. The van der Waals surface area contributed by atoms with Crippen molar-refractivity contribution in [3.8, 4) is 5.75 Å². The zero-order valence-electron chi connectivity index (χ0n) is 18.6. The van der Waals surface area contributed by atoms with Gasteiger partial charge in [-0.3, -0.25) is 4.79 Å². The number of halogens is 1. The van der Waals surface area contributed by atoms with Gasteiger partial charge in [-0.05, 0) is 61.9 Å². The number of aromatic nitrogens is 2. The molecule has 0 radical (unpaired) electrons. The average molecular weight is 444 g/mol. The number of nitrogens with zero attached hydrogens (tertiary/aromatic N) is 3. The Morgan fingerprint density at radius 2 is 1.79 bits per heavy atom. The normalized spacial score (nSPS) is 16.0. The second-order valence-corrected chi connectivity index (χ2v) is 8.51. The van der Waals surface area contributed by atoms with Crippen molar-refractivity contribution in [1.29, 1.82) is 0 Å². The summed E-state index contributed by atoms with van der Waals surface area (Å²) in [5.41, 5.74) is 3.92.